The maximum absolute atomic E-state index is 13.3. The van der Waals surface area contributed by atoms with Crippen molar-refractivity contribution in [3.05, 3.63) is 11.6 Å². The Hall–Kier alpha value is -1.29. The second-order valence-electron chi connectivity index (χ2n) is 9.37. The van der Waals surface area contributed by atoms with Crippen LogP contribution in [0.25, 0.3) is 0 Å². The van der Waals surface area contributed by atoms with Gasteiger partial charge in [-0.2, -0.15) is 0 Å². The molecule has 4 aliphatic rings. The lowest BCUT2D eigenvalue weighted by Crippen LogP contribution is -2.58. The van der Waals surface area contributed by atoms with Crippen LogP contribution in [0.2, 0.25) is 0 Å². The predicted molar refractivity (Wildman–Crippen MR) is 92.7 cm³/mol. The Morgan fingerprint density at radius 1 is 1.24 bits per heavy atom. The molecule has 7 atom stereocenters. The largest absolute Gasteiger partial charge is 0.389 e. The fraction of sp³-hybridized carbons (Fsp3) is 0.762. The molecule has 0 bridgehead atoms. The maximum atomic E-state index is 13.3. The number of Topliss-reactive ketones (excluding diaryl/α,β-unsaturated/α-hetero) is 2. The molecular formula is C21H28O4. The first kappa shape index (κ1) is 17.1. The highest BCUT2D eigenvalue weighted by atomic mass is 16.3. The van der Waals surface area contributed by atoms with Gasteiger partial charge in [0.25, 0.3) is 0 Å². The minimum Gasteiger partial charge on any atom is -0.389 e. The van der Waals surface area contributed by atoms with Crippen LogP contribution in [0.4, 0.5) is 0 Å². The van der Waals surface area contributed by atoms with Crippen LogP contribution in [0, 0.1) is 34.5 Å². The summed E-state index contributed by atoms with van der Waals surface area (Å²) < 4.78 is 0. The standard InChI is InChI=1S/C21H28O4/c1-11(22)14-4-5-15-13-9-17(24)16-8-12(23)6-7-20(16,2)19(13)18(25)10-21(14,15)3/h8,13-15,17,19,24H,4-7,9-10H2,1-3H3/t13-,14+,15-,17-,19+,20-,21+/m0/s1. The summed E-state index contributed by atoms with van der Waals surface area (Å²) in [5, 5.41) is 10.8. The summed E-state index contributed by atoms with van der Waals surface area (Å²) in [6.07, 6.45) is 4.94. The molecule has 4 rings (SSSR count). The summed E-state index contributed by atoms with van der Waals surface area (Å²) in [6.45, 7) is 5.85. The first-order valence-electron chi connectivity index (χ1n) is 9.64. The van der Waals surface area contributed by atoms with Gasteiger partial charge in [0.15, 0.2) is 5.78 Å². The van der Waals surface area contributed by atoms with E-state index in [1.807, 2.05) is 0 Å². The SMILES string of the molecule is CC(=O)[C@H]1CC[C@H]2[C@@H]3C[C@H](O)C4=CC(=O)CC[C@]4(C)[C@H]3C(=O)C[C@]12C. The molecule has 3 saturated carbocycles. The average molecular weight is 344 g/mol. The Morgan fingerprint density at radius 3 is 2.64 bits per heavy atom. The second kappa shape index (κ2) is 5.35. The molecule has 0 aromatic rings. The van der Waals surface area contributed by atoms with Crippen LogP contribution in [0.5, 0.6) is 0 Å². The molecule has 4 nitrogen and oxygen atoms in total. The summed E-state index contributed by atoms with van der Waals surface area (Å²) in [4.78, 5) is 37.3. The quantitative estimate of drug-likeness (QED) is 0.794. The smallest absolute Gasteiger partial charge is 0.155 e. The lowest BCUT2D eigenvalue weighted by Gasteiger charge is -2.57. The minimum atomic E-state index is -0.637. The zero-order valence-corrected chi connectivity index (χ0v) is 15.4. The highest BCUT2D eigenvalue weighted by molar-refractivity contribution is 5.93. The highest BCUT2D eigenvalue weighted by Gasteiger charge is 2.64. The third-order valence-electron chi connectivity index (χ3n) is 8.15. The van der Waals surface area contributed by atoms with Crippen LogP contribution in [0.15, 0.2) is 11.6 Å². The predicted octanol–water partition coefficient (Wildman–Crippen LogP) is 2.87. The van der Waals surface area contributed by atoms with Crippen LogP contribution in [0.3, 0.4) is 0 Å². The molecule has 0 radical (unpaired) electrons. The fourth-order valence-corrected chi connectivity index (χ4v) is 7.11. The Labute approximate surface area is 149 Å². The number of carbonyl (C=O) groups excluding carboxylic acids is 3. The van der Waals surface area contributed by atoms with Gasteiger partial charge in [0.1, 0.15) is 11.6 Å². The minimum absolute atomic E-state index is 0.0304. The van der Waals surface area contributed by atoms with Crippen molar-refractivity contribution in [2.75, 3.05) is 0 Å². The van der Waals surface area contributed by atoms with Crippen molar-refractivity contribution in [3.8, 4) is 0 Å². The molecule has 3 fully saturated rings. The molecule has 0 spiro atoms. The van der Waals surface area contributed by atoms with Gasteiger partial charge in [0, 0.05) is 30.1 Å². The van der Waals surface area contributed by atoms with E-state index < -0.39 is 11.5 Å². The van der Waals surface area contributed by atoms with Crippen LogP contribution < -0.4 is 0 Å². The zero-order chi connectivity index (χ0) is 18.1. The first-order valence-corrected chi connectivity index (χ1v) is 9.64. The molecule has 136 valence electrons. The molecule has 4 heteroatoms. The molecule has 1 N–H and O–H groups in total. The maximum Gasteiger partial charge on any atom is 0.155 e. The van der Waals surface area contributed by atoms with Gasteiger partial charge in [-0.15, -0.1) is 0 Å². The molecule has 0 aromatic heterocycles. The van der Waals surface area contributed by atoms with Crippen molar-refractivity contribution >= 4 is 17.3 Å². The van der Waals surface area contributed by atoms with Crippen LogP contribution in [-0.4, -0.2) is 28.6 Å². The molecule has 0 aromatic carbocycles. The van der Waals surface area contributed by atoms with Gasteiger partial charge in [-0.1, -0.05) is 13.8 Å². The molecule has 0 heterocycles. The molecule has 0 amide bonds. The van der Waals surface area contributed by atoms with Crippen molar-refractivity contribution in [1.82, 2.24) is 0 Å². The number of aliphatic hydroxyl groups excluding tert-OH is 1. The van der Waals surface area contributed by atoms with Gasteiger partial charge < -0.3 is 5.11 Å². The van der Waals surface area contributed by atoms with Gasteiger partial charge in [0.2, 0.25) is 0 Å². The van der Waals surface area contributed by atoms with Gasteiger partial charge in [-0.05, 0) is 61.5 Å². The molecule has 25 heavy (non-hydrogen) atoms. The van der Waals surface area contributed by atoms with Crippen molar-refractivity contribution in [3.63, 3.8) is 0 Å². The number of ketones is 3. The van der Waals surface area contributed by atoms with Gasteiger partial charge in [-0.25, -0.2) is 0 Å². The molecule has 0 unspecified atom stereocenters. The molecular weight excluding hydrogens is 316 g/mol. The van der Waals surface area contributed by atoms with Crippen molar-refractivity contribution in [1.29, 1.82) is 0 Å². The molecule has 0 saturated heterocycles. The fourth-order valence-electron chi connectivity index (χ4n) is 7.11. The van der Waals surface area contributed by atoms with E-state index in [1.165, 1.54) is 0 Å². The van der Waals surface area contributed by atoms with E-state index in [1.54, 1.807) is 13.0 Å². The average Bonchev–Trinajstić information content (AvgIpc) is 2.85. The zero-order valence-electron chi connectivity index (χ0n) is 15.4. The number of fused-ring (bicyclic) bond motifs is 5. The highest BCUT2D eigenvalue weighted by Crippen LogP contribution is 2.65. The van der Waals surface area contributed by atoms with Crippen molar-refractivity contribution in [2.24, 2.45) is 34.5 Å². The van der Waals surface area contributed by atoms with Crippen molar-refractivity contribution < 1.29 is 19.5 Å². The van der Waals surface area contributed by atoms with Gasteiger partial charge >= 0.3 is 0 Å². The van der Waals surface area contributed by atoms with Crippen LogP contribution >= 0.6 is 0 Å². The van der Waals surface area contributed by atoms with E-state index in [-0.39, 0.29) is 40.5 Å². The second-order valence-corrected chi connectivity index (χ2v) is 9.37. The first-order chi connectivity index (χ1) is 11.7. The third kappa shape index (κ3) is 2.19. The van der Waals surface area contributed by atoms with E-state index >= 15 is 0 Å². The number of hydrogen-bond donors (Lipinski definition) is 1. The lowest BCUT2D eigenvalue weighted by molar-refractivity contribution is -0.151. The van der Waals surface area contributed by atoms with Gasteiger partial charge in [-0.3, -0.25) is 14.4 Å². The van der Waals surface area contributed by atoms with E-state index in [9.17, 15) is 19.5 Å². The van der Waals surface area contributed by atoms with Crippen LogP contribution in [-0.2, 0) is 14.4 Å². The molecule has 4 aliphatic carbocycles. The van der Waals surface area contributed by atoms with Crippen LogP contribution in [0.1, 0.15) is 59.3 Å². The third-order valence-corrected chi connectivity index (χ3v) is 8.15. The number of hydrogen-bond acceptors (Lipinski definition) is 4. The Balaban J connectivity index is 1.77. The Morgan fingerprint density at radius 2 is 1.96 bits per heavy atom. The Kier molecular flexibility index (Phi) is 3.67. The monoisotopic (exact) mass is 344 g/mol. The number of rotatable bonds is 1. The number of aliphatic hydroxyl groups is 1. The summed E-state index contributed by atoms with van der Waals surface area (Å²) >= 11 is 0. The topological polar surface area (TPSA) is 71.4 Å². The summed E-state index contributed by atoms with van der Waals surface area (Å²) in [5.74, 6) is 0.803. The van der Waals surface area contributed by atoms with Gasteiger partial charge in [0.05, 0.1) is 6.10 Å². The van der Waals surface area contributed by atoms with E-state index in [4.69, 9.17) is 0 Å². The van der Waals surface area contributed by atoms with E-state index in [0.717, 1.165) is 18.4 Å². The van der Waals surface area contributed by atoms with E-state index in [0.29, 0.717) is 31.6 Å². The summed E-state index contributed by atoms with van der Waals surface area (Å²) in [7, 11) is 0. The normalized spacial score (nSPS) is 49.1. The molecule has 0 aliphatic heterocycles. The van der Waals surface area contributed by atoms with E-state index in [2.05, 4.69) is 13.8 Å². The Bertz CT molecular complexity index is 692. The van der Waals surface area contributed by atoms with Crippen molar-refractivity contribution in [2.45, 2.75) is 65.4 Å². The summed E-state index contributed by atoms with van der Waals surface area (Å²) in [6, 6.07) is 0. The number of carbonyl (C=O) groups is 3. The lowest BCUT2D eigenvalue weighted by atomic mass is 9.46. The summed E-state index contributed by atoms with van der Waals surface area (Å²) in [5.41, 5.74) is 0.123.